The van der Waals surface area contributed by atoms with Crippen molar-refractivity contribution in [2.45, 2.75) is 32.2 Å². The Balaban J connectivity index is 1.68. The normalized spacial score (nSPS) is 22.4. The highest BCUT2D eigenvalue weighted by Crippen LogP contribution is 2.30. The van der Waals surface area contributed by atoms with Crippen LogP contribution in [0.1, 0.15) is 36.5 Å². The highest BCUT2D eigenvalue weighted by Gasteiger charge is 2.41. The topological polar surface area (TPSA) is 73.5 Å². The predicted molar refractivity (Wildman–Crippen MR) is 98.9 cm³/mol. The van der Waals surface area contributed by atoms with Gasteiger partial charge in [0, 0.05) is 37.3 Å². The number of halogens is 1. The zero-order valence-electron chi connectivity index (χ0n) is 15.2. The Bertz CT molecular complexity index is 971. The summed E-state index contributed by atoms with van der Waals surface area (Å²) in [5.41, 5.74) is -0.398. The molecular weight excluding hydrogens is 349 g/mol. The molecule has 0 spiro atoms. The standard InChI is InChI=1S/C20H22FN3O3/c1-2-8-24-13-7-6-12(19(24)26)10-23(11-13)20(27)15-9-22-17-14(18(15)25)4-3-5-16(17)21/h3-5,9,12-13H,2,6-8,10-11H2,1H3,(H,22,25)/t12-,13+/m0/s1. The lowest BCUT2D eigenvalue weighted by Gasteiger charge is -2.35. The number of carbonyl (C=O) groups excluding carboxylic acids is 2. The Morgan fingerprint density at radius 2 is 2.07 bits per heavy atom. The van der Waals surface area contributed by atoms with Gasteiger partial charge in [0.1, 0.15) is 11.4 Å². The molecule has 0 radical (unpaired) electrons. The first-order chi connectivity index (χ1) is 13.0. The van der Waals surface area contributed by atoms with Crippen LogP contribution in [0.15, 0.2) is 29.2 Å². The maximum Gasteiger partial charge on any atom is 0.259 e. The van der Waals surface area contributed by atoms with Gasteiger partial charge in [0.25, 0.3) is 5.91 Å². The predicted octanol–water partition coefficient (Wildman–Crippen LogP) is 2.14. The molecule has 2 bridgehead atoms. The third-order valence-electron chi connectivity index (χ3n) is 5.64. The van der Waals surface area contributed by atoms with Crippen LogP contribution >= 0.6 is 0 Å². The fourth-order valence-corrected chi connectivity index (χ4v) is 4.29. The number of nitrogens with one attached hydrogen (secondary N) is 1. The second-order valence-electron chi connectivity index (χ2n) is 7.36. The van der Waals surface area contributed by atoms with Crippen LogP contribution in [-0.2, 0) is 4.79 Å². The number of aromatic amines is 1. The maximum atomic E-state index is 13.9. The first kappa shape index (κ1) is 17.7. The van der Waals surface area contributed by atoms with Gasteiger partial charge in [0.15, 0.2) is 0 Å². The molecular formula is C20H22FN3O3. The Hall–Kier alpha value is -2.70. The summed E-state index contributed by atoms with van der Waals surface area (Å²) in [5, 5.41) is 0.155. The van der Waals surface area contributed by atoms with E-state index in [0.29, 0.717) is 19.6 Å². The van der Waals surface area contributed by atoms with E-state index in [0.717, 1.165) is 19.3 Å². The first-order valence-electron chi connectivity index (χ1n) is 9.41. The van der Waals surface area contributed by atoms with Gasteiger partial charge in [-0.05, 0) is 31.4 Å². The molecule has 0 saturated carbocycles. The van der Waals surface area contributed by atoms with Gasteiger partial charge in [-0.25, -0.2) is 4.39 Å². The molecule has 2 aromatic rings. The minimum atomic E-state index is -0.530. The van der Waals surface area contributed by atoms with Crippen molar-refractivity contribution in [1.29, 1.82) is 0 Å². The minimum absolute atomic E-state index is 0.00266. The van der Waals surface area contributed by atoms with Gasteiger partial charge in [-0.2, -0.15) is 0 Å². The molecule has 1 N–H and O–H groups in total. The van der Waals surface area contributed by atoms with Crippen molar-refractivity contribution in [3.8, 4) is 0 Å². The summed E-state index contributed by atoms with van der Waals surface area (Å²) < 4.78 is 13.9. The number of para-hydroxylation sites is 1. The van der Waals surface area contributed by atoms with Gasteiger partial charge < -0.3 is 14.8 Å². The Labute approximate surface area is 156 Å². The number of fused-ring (bicyclic) bond motifs is 5. The first-order valence-corrected chi connectivity index (χ1v) is 9.41. The molecule has 2 amide bonds. The van der Waals surface area contributed by atoms with E-state index in [2.05, 4.69) is 4.98 Å². The molecule has 3 aliphatic heterocycles. The second kappa shape index (κ2) is 6.79. The van der Waals surface area contributed by atoms with E-state index in [9.17, 15) is 18.8 Å². The number of pyridine rings is 1. The number of hydrogen-bond acceptors (Lipinski definition) is 3. The van der Waals surface area contributed by atoms with Gasteiger partial charge in [-0.15, -0.1) is 0 Å². The molecule has 3 aliphatic rings. The van der Waals surface area contributed by atoms with E-state index in [1.165, 1.54) is 24.4 Å². The fraction of sp³-hybridized carbons (Fsp3) is 0.450. The van der Waals surface area contributed by atoms with Crippen LogP contribution in [-0.4, -0.2) is 52.3 Å². The third-order valence-corrected chi connectivity index (χ3v) is 5.64. The quantitative estimate of drug-likeness (QED) is 0.898. The number of H-pyrrole nitrogens is 1. The van der Waals surface area contributed by atoms with E-state index in [1.807, 2.05) is 11.8 Å². The van der Waals surface area contributed by atoms with Gasteiger partial charge in [0.05, 0.1) is 11.4 Å². The summed E-state index contributed by atoms with van der Waals surface area (Å²) >= 11 is 0. The largest absolute Gasteiger partial charge is 0.358 e. The number of hydrogen-bond donors (Lipinski definition) is 1. The fourth-order valence-electron chi connectivity index (χ4n) is 4.29. The van der Waals surface area contributed by atoms with E-state index in [-0.39, 0.29) is 34.3 Å². The van der Waals surface area contributed by atoms with Crippen LogP contribution in [0.4, 0.5) is 4.39 Å². The van der Waals surface area contributed by atoms with E-state index in [4.69, 9.17) is 0 Å². The second-order valence-corrected chi connectivity index (χ2v) is 7.36. The summed E-state index contributed by atoms with van der Waals surface area (Å²) in [5.74, 6) is -1.03. The molecule has 7 heteroatoms. The molecule has 27 heavy (non-hydrogen) atoms. The smallest absolute Gasteiger partial charge is 0.259 e. The van der Waals surface area contributed by atoms with Crippen molar-refractivity contribution in [2.24, 2.45) is 5.92 Å². The zero-order chi connectivity index (χ0) is 19.1. The van der Waals surface area contributed by atoms with Crippen LogP contribution in [0.3, 0.4) is 0 Å². The van der Waals surface area contributed by atoms with E-state index < -0.39 is 17.2 Å². The van der Waals surface area contributed by atoms with Crippen molar-refractivity contribution < 1.29 is 14.0 Å². The number of aromatic nitrogens is 1. The average Bonchev–Trinajstić information content (AvgIpc) is 2.95. The molecule has 0 unspecified atom stereocenters. The molecule has 5 rings (SSSR count). The third kappa shape index (κ3) is 2.91. The molecule has 2 atom stereocenters. The number of piperidine rings is 1. The molecule has 1 aromatic carbocycles. The van der Waals surface area contributed by atoms with Crippen LogP contribution < -0.4 is 5.43 Å². The molecule has 0 aliphatic carbocycles. The van der Waals surface area contributed by atoms with Crippen molar-refractivity contribution >= 4 is 22.7 Å². The number of nitrogens with zero attached hydrogens (tertiary/aromatic N) is 2. The lowest BCUT2D eigenvalue weighted by atomic mass is 9.94. The Morgan fingerprint density at radius 1 is 1.26 bits per heavy atom. The van der Waals surface area contributed by atoms with Gasteiger partial charge in [-0.1, -0.05) is 13.0 Å². The van der Waals surface area contributed by atoms with Crippen molar-refractivity contribution in [3.05, 3.63) is 46.0 Å². The van der Waals surface area contributed by atoms with Crippen molar-refractivity contribution in [2.75, 3.05) is 19.6 Å². The number of benzene rings is 1. The lowest BCUT2D eigenvalue weighted by Crippen LogP contribution is -2.48. The monoisotopic (exact) mass is 371 g/mol. The van der Waals surface area contributed by atoms with Crippen LogP contribution in [0.5, 0.6) is 0 Å². The molecule has 4 heterocycles. The maximum absolute atomic E-state index is 13.9. The zero-order valence-corrected chi connectivity index (χ0v) is 15.2. The molecule has 6 nitrogen and oxygen atoms in total. The van der Waals surface area contributed by atoms with E-state index in [1.54, 1.807) is 4.90 Å². The summed E-state index contributed by atoms with van der Waals surface area (Å²) in [4.78, 5) is 44.7. The highest BCUT2D eigenvalue weighted by molar-refractivity contribution is 5.97. The van der Waals surface area contributed by atoms with Crippen molar-refractivity contribution in [1.82, 2.24) is 14.8 Å². The Morgan fingerprint density at radius 3 is 2.85 bits per heavy atom. The van der Waals surface area contributed by atoms with Crippen LogP contribution in [0.2, 0.25) is 0 Å². The minimum Gasteiger partial charge on any atom is -0.358 e. The Kier molecular flexibility index (Phi) is 4.45. The summed E-state index contributed by atoms with van der Waals surface area (Å²) in [6.45, 7) is 3.48. The van der Waals surface area contributed by atoms with Gasteiger partial charge in [0.2, 0.25) is 11.3 Å². The number of rotatable bonds is 3. The highest BCUT2D eigenvalue weighted by atomic mass is 19.1. The molecule has 3 saturated heterocycles. The SMILES string of the molecule is CCCN1C(=O)[C@H]2CC[C@@H]1CN(C(=O)c1c[nH]c3c(F)cccc3c1=O)C2. The van der Waals surface area contributed by atoms with Gasteiger partial charge >= 0.3 is 0 Å². The van der Waals surface area contributed by atoms with Crippen LogP contribution in [0.25, 0.3) is 10.9 Å². The summed E-state index contributed by atoms with van der Waals surface area (Å²) in [6, 6.07) is 4.22. The van der Waals surface area contributed by atoms with Crippen LogP contribution in [0, 0.1) is 11.7 Å². The lowest BCUT2D eigenvalue weighted by molar-refractivity contribution is -0.139. The van der Waals surface area contributed by atoms with E-state index >= 15 is 0 Å². The average molecular weight is 371 g/mol. The van der Waals surface area contributed by atoms with Crippen molar-refractivity contribution in [3.63, 3.8) is 0 Å². The number of carbonyl (C=O) groups is 2. The molecule has 3 fully saturated rings. The van der Waals surface area contributed by atoms with Gasteiger partial charge in [-0.3, -0.25) is 14.4 Å². The summed E-state index contributed by atoms with van der Waals surface area (Å²) in [7, 11) is 0. The summed E-state index contributed by atoms with van der Waals surface area (Å²) in [6.07, 6.45) is 3.81. The molecule has 1 aromatic heterocycles. The number of amides is 2. The molecule has 142 valence electrons.